The molecule has 1 aromatic carbocycles. The monoisotopic (exact) mass is 250 g/mol. The summed E-state index contributed by atoms with van der Waals surface area (Å²) in [4.78, 5) is 28.2. The number of imidazole rings is 1. The summed E-state index contributed by atoms with van der Waals surface area (Å²) in [5, 5.41) is 0. The molecule has 0 aliphatic carbocycles. The van der Waals surface area contributed by atoms with E-state index in [0.717, 1.165) is 0 Å². The van der Waals surface area contributed by atoms with Gasteiger partial charge in [0.1, 0.15) is 11.5 Å². The summed E-state index contributed by atoms with van der Waals surface area (Å²) in [6.07, 6.45) is 0. The van der Waals surface area contributed by atoms with E-state index in [4.69, 9.17) is 4.74 Å². The van der Waals surface area contributed by atoms with Crippen LogP contribution >= 0.6 is 0 Å². The van der Waals surface area contributed by atoms with Crippen molar-refractivity contribution in [2.45, 2.75) is 6.61 Å². The summed E-state index contributed by atoms with van der Waals surface area (Å²) in [5.74, 6) is -0.813. The molecule has 2 rings (SSSR count). The van der Waals surface area contributed by atoms with Gasteiger partial charge in [0.2, 0.25) is 5.78 Å². The predicted molar refractivity (Wildman–Crippen MR) is 62.0 cm³/mol. The van der Waals surface area contributed by atoms with E-state index in [1.807, 2.05) is 0 Å². The van der Waals surface area contributed by atoms with Gasteiger partial charge >= 0.3 is 5.69 Å². The number of hydrogen-bond donors (Lipinski definition) is 2. The van der Waals surface area contributed by atoms with E-state index in [9.17, 15) is 14.0 Å². The molecule has 0 saturated heterocycles. The van der Waals surface area contributed by atoms with Crippen LogP contribution in [-0.4, -0.2) is 22.9 Å². The van der Waals surface area contributed by atoms with E-state index < -0.39 is 11.5 Å². The number of aromatic nitrogens is 2. The average Bonchev–Trinajstić information content (AvgIpc) is 2.71. The van der Waals surface area contributed by atoms with E-state index >= 15 is 0 Å². The zero-order chi connectivity index (χ0) is 13.1. The van der Waals surface area contributed by atoms with E-state index in [1.165, 1.54) is 31.4 Å². The fourth-order valence-electron chi connectivity index (χ4n) is 1.61. The van der Waals surface area contributed by atoms with E-state index in [1.54, 1.807) is 0 Å². The lowest BCUT2D eigenvalue weighted by Gasteiger charge is -2.01. The molecule has 2 N–H and O–H groups in total. The van der Waals surface area contributed by atoms with Crippen LogP contribution in [0.4, 0.5) is 4.39 Å². The molecule has 0 unspecified atom stereocenters. The summed E-state index contributed by atoms with van der Waals surface area (Å²) in [7, 11) is 1.46. The first kappa shape index (κ1) is 12.3. The Morgan fingerprint density at radius 2 is 1.94 bits per heavy atom. The Morgan fingerprint density at radius 3 is 2.56 bits per heavy atom. The molecular formula is C12H11FN2O3. The van der Waals surface area contributed by atoms with Crippen LogP contribution in [0.15, 0.2) is 29.1 Å². The lowest BCUT2D eigenvalue weighted by atomic mass is 10.1. The lowest BCUT2D eigenvalue weighted by molar-refractivity contribution is 0.102. The van der Waals surface area contributed by atoms with E-state index in [2.05, 4.69) is 9.97 Å². The molecule has 2 aromatic rings. The fraction of sp³-hybridized carbons (Fsp3) is 0.167. The Balaban J connectivity index is 2.39. The van der Waals surface area contributed by atoms with Crippen molar-refractivity contribution >= 4 is 5.78 Å². The highest BCUT2D eigenvalue weighted by Gasteiger charge is 2.16. The SMILES string of the molecule is COCc1[nH]c(=O)[nH]c1C(=O)c1ccc(F)cc1. The molecule has 6 heteroatoms. The van der Waals surface area contributed by atoms with Gasteiger partial charge in [-0.25, -0.2) is 9.18 Å². The standard InChI is InChI=1S/C12H11FN2O3/c1-18-6-9-10(15-12(17)14-9)11(16)7-2-4-8(13)5-3-7/h2-5H,6H2,1H3,(H2,14,15,17). The fourth-order valence-corrected chi connectivity index (χ4v) is 1.61. The number of benzene rings is 1. The Morgan fingerprint density at radius 1 is 1.28 bits per heavy atom. The summed E-state index contributed by atoms with van der Waals surface area (Å²) in [5.41, 5.74) is 0.321. The number of halogens is 1. The van der Waals surface area contributed by atoms with Gasteiger partial charge in [0, 0.05) is 12.7 Å². The van der Waals surface area contributed by atoms with Gasteiger partial charge in [0.15, 0.2) is 0 Å². The molecule has 1 aromatic heterocycles. The maximum Gasteiger partial charge on any atom is 0.323 e. The first-order valence-corrected chi connectivity index (χ1v) is 5.22. The molecule has 94 valence electrons. The van der Waals surface area contributed by atoms with Crippen molar-refractivity contribution in [3.05, 3.63) is 57.5 Å². The lowest BCUT2D eigenvalue weighted by Crippen LogP contribution is -2.07. The van der Waals surface area contributed by atoms with Gasteiger partial charge in [-0.2, -0.15) is 0 Å². The zero-order valence-electron chi connectivity index (χ0n) is 9.62. The van der Waals surface area contributed by atoms with Crippen molar-refractivity contribution in [2.24, 2.45) is 0 Å². The van der Waals surface area contributed by atoms with Crippen LogP contribution in [-0.2, 0) is 11.3 Å². The molecule has 0 atom stereocenters. The maximum absolute atomic E-state index is 12.8. The number of methoxy groups -OCH3 is 1. The van der Waals surface area contributed by atoms with Crippen LogP contribution in [0.5, 0.6) is 0 Å². The second-order valence-electron chi connectivity index (χ2n) is 3.70. The summed E-state index contributed by atoms with van der Waals surface area (Å²) < 4.78 is 17.6. The Bertz CT molecular complexity index is 613. The van der Waals surface area contributed by atoms with Gasteiger partial charge in [0.25, 0.3) is 0 Å². The minimum atomic E-state index is -0.479. The van der Waals surface area contributed by atoms with Gasteiger partial charge in [-0.05, 0) is 24.3 Å². The van der Waals surface area contributed by atoms with Crippen molar-refractivity contribution in [1.82, 2.24) is 9.97 Å². The summed E-state index contributed by atoms with van der Waals surface area (Å²) in [6.45, 7) is 0.112. The first-order chi connectivity index (χ1) is 8.61. The van der Waals surface area contributed by atoms with Crippen LogP contribution in [0.2, 0.25) is 0 Å². The number of rotatable bonds is 4. The smallest absolute Gasteiger partial charge is 0.323 e. The van der Waals surface area contributed by atoms with Crippen molar-refractivity contribution in [3.63, 3.8) is 0 Å². The van der Waals surface area contributed by atoms with Gasteiger partial charge in [-0.3, -0.25) is 4.79 Å². The highest BCUT2D eigenvalue weighted by Crippen LogP contribution is 2.11. The molecule has 18 heavy (non-hydrogen) atoms. The third-order valence-corrected chi connectivity index (χ3v) is 2.43. The summed E-state index contributed by atoms with van der Waals surface area (Å²) in [6, 6.07) is 5.10. The van der Waals surface area contributed by atoms with Crippen LogP contribution in [0.25, 0.3) is 0 Å². The van der Waals surface area contributed by atoms with Crippen molar-refractivity contribution < 1.29 is 13.9 Å². The molecule has 0 aliphatic rings. The van der Waals surface area contributed by atoms with Crippen molar-refractivity contribution in [3.8, 4) is 0 Å². The van der Waals surface area contributed by atoms with Gasteiger partial charge in [0.05, 0.1) is 12.3 Å². The molecule has 0 saturated carbocycles. The molecule has 1 heterocycles. The number of carbonyl (C=O) groups is 1. The minimum Gasteiger partial charge on any atom is -0.378 e. The number of ketones is 1. The number of ether oxygens (including phenoxy) is 1. The highest BCUT2D eigenvalue weighted by atomic mass is 19.1. The quantitative estimate of drug-likeness (QED) is 0.801. The van der Waals surface area contributed by atoms with Crippen LogP contribution in [0.3, 0.4) is 0 Å². The number of hydrogen-bond acceptors (Lipinski definition) is 3. The normalized spacial score (nSPS) is 10.6. The van der Waals surface area contributed by atoms with Crippen LogP contribution in [0.1, 0.15) is 21.7 Å². The molecule has 0 bridgehead atoms. The number of H-pyrrole nitrogens is 2. The number of aromatic amines is 2. The molecule has 0 aliphatic heterocycles. The van der Waals surface area contributed by atoms with Crippen LogP contribution in [0, 0.1) is 5.82 Å². The molecule has 0 fully saturated rings. The third-order valence-electron chi connectivity index (χ3n) is 2.43. The first-order valence-electron chi connectivity index (χ1n) is 5.22. The molecule has 0 amide bonds. The maximum atomic E-state index is 12.8. The van der Waals surface area contributed by atoms with Gasteiger partial charge in [-0.15, -0.1) is 0 Å². The third kappa shape index (κ3) is 2.38. The van der Waals surface area contributed by atoms with Crippen molar-refractivity contribution in [2.75, 3.05) is 7.11 Å². The van der Waals surface area contributed by atoms with Gasteiger partial charge in [-0.1, -0.05) is 0 Å². The Hall–Kier alpha value is -2.21. The highest BCUT2D eigenvalue weighted by molar-refractivity contribution is 6.08. The number of nitrogens with one attached hydrogen (secondary N) is 2. The number of carbonyl (C=O) groups excluding carboxylic acids is 1. The second kappa shape index (κ2) is 4.97. The minimum absolute atomic E-state index is 0.112. The molecule has 0 radical (unpaired) electrons. The van der Waals surface area contributed by atoms with Gasteiger partial charge < -0.3 is 14.7 Å². The molecule has 0 spiro atoms. The van der Waals surface area contributed by atoms with Crippen molar-refractivity contribution in [1.29, 1.82) is 0 Å². The largest absolute Gasteiger partial charge is 0.378 e. The topological polar surface area (TPSA) is 75.0 Å². The van der Waals surface area contributed by atoms with Crippen LogP contribution < -0.4 is 5.69 Å². The summed E-state index contributed by atoms with van der Waals surface area (Å²) >= 11 is 0. The average molecular weight is 250 g/mol. The zero-order valence-corrected chi connectivity index (χ0v) is 9.62. The Labute approximate surface area is 102 Å². The Kier molecular flexibility index (Phi) is 3.38. The molecule has 5 nitrogen and oxygen atoms in total. The predicted octanol–water partition coefficient (Wildman–Crippen LogP) is 1.22. The van der Waals surface area contributed by atoms with E-state index in [-0.39, 0.29) is 18.1 Å². The van der Waals surface area contributed by atoms with E-state index in [0.29, 0.717) is 11.3 Å². The molecular weight excluding hydrogens is 239 g/mol. The second-order valence-corrected chi connectivity index (χ2v) is 3.70.